The summed E-state index contributed by atoms with van der Waals surface area (Å²) < 4.78 is 5.23. The molecule has 120 valence electrons. The van der Waals surface area contributed by atoms with Gasteiger partial charge < -0.3 is 10.1 Å². The van der Waals surface area contributed by atoms with Crippen molar-refractivity contribution >= 4 is 20.0 Å². The van der Waals surface area contributed by atoms with E-state index in [9.17, 15) is 9.59 Å². The first-order valence-electron chi connectivity index (χ1n) is 7.46. The molecule has 22 heavy (non-hydrogen) atoms. The monoisotopic (exact) mass is 319 g/mol. The van der Waals surface area contributed by atoms with Gasteiger partial charge in [-0.05, 0) is 12.5 Å². The molecule has 0 aliphatic heterocycles. The molecule has 1 aromatic rings. The molecule has 4 nitrogen and oxygen atoms in total. The molecule has 1 amide bonds. The van der Waals surface area contributed by atoms with Gasteiger partial charge in [0, 0.05) is 0 Å². The molecular formula is C17H25NO3Si. The predicted octanol–water partition coefficient (Wildman–Crippen LogP) is 2.71. The summed E-state index contributed by atoms with van der Waals surface area (Å²) in [4.78, 5) is 23.4. The highest BCUT2D eigenvalue weighted by Crippen LogP contribution is 2.04. The van der Waals surface area contributed by atoms with Gasteiger partial charge in [-0.25, -0.2) is 0 Å². The first kappa shape index (κ1) is 18.2. The summed E-state index contributed by atoms with van der Waals surface area (Å²) >= 11 is 0. The van der Waals surface area contributed by atoms with Gasteiger partial charge in [0.1, 0.15) is 12.6 Å². The number of hydrogen-bond acceptors (Lipinski definition) is 3. The number of carbonyl (C=O) groups is 2. The van der Waals surface area contributed by atoms with E-state index in [4.69, 9.17) is 4.74 Å². The molecule has 0 heterocycles. The summed E-state index contributed by atoms with van der Waals surface area (Å²) in [5, 5.41) is 2.58. The lowest BCUT2D eigenvalue weighted by Crippen LogP contribution is -2.33. The molecule has 0 aromatic heterocycles. The van der Waals surface area contributed by atoms with Crippen LogP contribution in [0.5, 0.6) is 0 Å². The Morgan fingerprint density at radius 1 is 1.23 bits per heavy atom. The van der Waals surface area contributed by atoms with Crippen LogP contribution in [-0.4, -0.2) is 32.6 Å². The first-order valence-corrected chi connectivity index (χ1v) is 11.0. The number of hydrogen-bond donors (Lipinski definition) is 1. The van der Waals surface area contributed by atoms with Crippen LogP contribution in [-0.2, 0) is 20.7 Å². The van der Waals surface area contributed by atoms with Crippen LogP contribution < -0.4 is 5.32 Å². The van der Waals surface area contributed by atoms with Crippen LogP contribution >= 0.6 is 0 Å². The van der Waals surface area contributed by atoms with Crippen molar-refractivity contribution in [3.8, 4) is 0 Å². The Labute approximate surface area is 133 Å². The van der Waals surface area contributed by atoms with E-state index in [2.05, 4.69) is 30.7 Å². The van der Waals surface area contributed by atoms with E-state index in [1.165, 1.54) is 0 Å². The zero-order valence-corrected chi connectivity index (χ0v) is 14.8. The van der Waals surface area contributed by atoms with Gasteiger partial charge in [0.2, 0.25) is 5.91 Å². The molecule has 1 unspecified atom stereocenters. The van der Waals surface area contributed by atoms with Crippen molar-refractivity contribution in [2.75, 3.05) is 6.54 Å². The average Bonchev–Trinajstić information content (AvgIpc) is 2.43. The molecule has 0 saturated heterocycles. The summed E-state index contributed by atoms with van der Waals surface area (Å²) in [5.74, 6) is -0.609. The molecule has 0 radical (unpaired) electrons. The summed E-state index contributed by atoms with van der Waals surface area (Å²) in [5.41, 5.74) is 3.05. The van der Waals surface area contributed by atoms with Gasteiger partial charge in [0.25, 0.3) is 0 Å². The van der Waals surface area contributed by atoms with Crippen molar-refractivity contribution in [2.45, 2.75) is 39.1 Å². The third kappa shape index (κ3) is 8.41. The number of ether oxygens (including phenoxy) is 1. The Morgan fingerprint density at radius 3 is 2.45 bits per heavy atom. The largest absolute Gasteiger partial charge is 0.457 e. The third-order valence-electron chi connectivity index (χ3n) is 2.82. The second-order valence-corrected chi connectivity index (χ2v) is 11.4. The minimum atomic E-state index is -1.29. The van der Waals surface area contributed by atoms with Crippen LogP contribution in [0, 0.1) is 0 Å². The topological polar surface area (TPSA) is 55.4 Å². The Kier molecular flexibility index (Phi) is 7.05. The van der Waals surface area contributed by atoms with E-state index in [0.717, 1.165) is 5.56 Å². The number of nitrogens with one attached hydrogen (secondary N) is 1. The molecule has 1 aromatic carbocycles. The molecule has 0 aliphatic carbocycles. The van der Waals surface area contributed by atoms with E-state index in [-0.39, 0.29) is 25.0 Å². The van der Waals surface area contributed by atoms with E-state index in [1.54, 1.807) is 0 Å². The standard InChI is InChI=1S/C17H25NO3Si/c1-14(10-11-22(2,3)4)21-17(20)13-18-16(19)12-15-8-6-5-7-9-15/h5-11,14H,12-13H2,1-4H3,(H,18,19)/b11-10+. The quantitative estimate of drug-likeness (QED) is 0.621. The summed E-state index contributed by atoms with van der Waals surface area (Å²) in [6.07, 6.45) is 1.90. The molecule has 5 heteroatoms. The maximum atomic E-state index is 11.7. The van der Waals surface area contributed by atoms with E-state index in [1.807, 2.05) is 43.3 Å². The van der Waals surface area contributed by atoms with Crippen LogP contribution in [0.25, 0.3) is 0 Å². The highest BCUT2D eigenvalue weighted by Gasteiger charge is 2.12. The maximum absolute atomic E-state index is 11.7. The van der Waals surface area contributed by atoms with Crippen molar-refractivity contribution in [1.82, 2.24) is 5.32 Å². The minimum absolute atomic E-state index is 0.100. The maximum Gasteiger partial charge on any atom is 0.325 e. The van der Waals surface area contributed by atoms with Crippen LogP contribution in [0.1, 0.15) is 12.5 Å². The number of amides is 1. The van der Waals surface area contributed by atoms with Gasteiger partial charge in [0.15, 0.2) is 0 Å². The van der Waals surface area contributed by atoms with Crippen molar-refractivity contribution < 1.29 is 14.3 Å². The Bertz CT molecular complexity index is 520. The second kappa shape index (κ2) is 8.53. The van der Waals surface area contributed by atoms with Crippen molar-refractivity contribution in [3.63, 3.8) is 0 Å². The van der Waals surface area contributed by atoms with E-state index < -0.39 is 14.0 Å². The Hall–Kier alpha value is -1.88. The Balaban J connectivity index is 2.31. The fraction of sp³-hybridized carbons (Fsp3) is 0.412. The summed E-state index contributed by atoms with van der Waals surface area (Å²) in [6, 6.07) is 9.41. The van der Waals surface area contributed by atoms with Crippen LogP contribution in [0.2, 0.25) is 19.6 Å². The highest BCUT2D eigenvalue weighted by atomic mass is 28.3. The molecule has 1 N–H and O–H groups in total. The van der Waals surface area contributed by atoms with Crippen molar-refractivity contribution in [3.05, 3.63) is 47.7 Å². The van der Waals surface area contributed by atoms with Crippen LogP contribution in [0.4, 0.5) is 0 Å². The lowest BCUT2D eigenvalue weighted by Gasteiger charge is -2.13. The molecule has 0 spiro atoms. The van der Waals surface area contributed by atoms with Gasteiger partial charge in [0.05, 0.1) is 14.5 Å². The average molecular weight is 319 g/mol. The molecular weight excluding hydrogens is 294 g/mol. The van der Waals surface area contributed by atoms with E-state index >= 15 is 0 Å². The van der Waals surface area contributed by atoms with Gasteiger partial charge in [-0.15, -0.1) is 0 Å². The number of esters is 1. The lowest BCUT2D eigenvalue weighted by molar-refractivity contribution is -0.146. The predicted molar refractivity (Wildman–Crippen MR) is 91.2 cm³/mol. The first-order chi connectivity index (χ1) is 10.3. The fourth-order valence-electron chi connectivity index (χ4n) is 1.73. The molecule has 0 fully saturated rings. The fourth-order valence-corrected chi connectivity index (χ4v) is 2.58. The smallest absolute Gasteiger partial charge is 0.325 e. The molecule has 0 bridgehead atoms. The van der Waals surface area contributed by atoms with E-state index in [0.29, 0.717) is 0 Å². The van der Waals surface area contributed by atoms with Gasteiger partial charge in [-0.1, -0.05) is 61.7 Å². The van der Waals surface area contributed by atoms with Gasteiger partial charge in [-0.2, -0.15) is 0 Å². The molecule has 0 saturated carbocycles. The summed E-state index contributed by atoms with van der Waals surface area (Å²) in [6.45, 7) is 8.35. The van der Waals surface area contributed by atoms with Crippen LogP contribution in [0.15, 0.2) is 42.1 Å². The summed E-state index contributed by atoms with van der Waals surface area (Å²) in [7, 11) is -1.29. The Morgan fingerprint density at radius 2 is 1.86 bits per heavy atom. The zero-order chi connectivity index (χ0) is 16.6. The van der Waals surface area contributed by atoms with Crippen molar-refractivity contribution in [2.24, 2.45) is 0 Å². The second-order valence-electron chi connectivity index (χ2n) is 6.36. The third-order valence-corrected chi connectivity index (χ3v) is 4.01. The van der Waals surface area contributed by atoms with Crippen molar-refractivity contribution in [1.29, 1.82) is 0 Å². The highest BCUT2D eigenvalue weighted by molar-refractivity contribution is 6.80. The van der Waals surface area contributed by atoms with Gasteiger partial charge >= 0.3 is 5.97 Å². The molecule has 1 rings (SSSR count). The lowest BCUT2D eigenvalue weighted by atomic mass is 10.1. The van der Waals surface area contributed by atoms with Crippen LogP contribution in [0.3, 0.4) is 0 Å². The zero-order valence-electron chi connectivity index (χ0n) is 13.8. The minimum Gasteiger partial charge on any atom is -0.457 e. The number of rotatable bonds is 7. The van der Waals surface area contributed by atoms with Gasteiger partial charge in [-0.3, -0.25) is 9.59 Å². The number of carbonyl (C=O) groups excluding carboxylic acids is 2. The molecule has 1 atom stereocenters. The SMILES string of the molecule is CC(/C=C/[Si](C)(C)C)OC(=O)CNC(=O)Cc1ccccc1. The molecule has 0 aliphatic rings. The normalized spacial score (nSPS) is 12.9. The number of benzene rings is 1.